The zero-order valence-corrected chi connectivity index (χ0v) is 16.1. The molecule has 1 heterocycles. The number of hydrogen-bond donors (Lipinski definition) is 1. The predicted molar refractivity (Wildman–Crippen MR) is 110 cm³/mol. The number of carbonyl (C=O) groups excluding carboxylic acids is 1. The van der Waals surface area contributed by atoms with E-state index in [0.717, 1.165) is 30.1 Å². The molecule has 0 aliphatic carbocycles. The number of carbonyl (C=O) groups is 1. The molecular formula is C22H24N4O2. The van der Waals surface area contributed by atoms with Crippen LogP contribution in [0.4, 0.5) is 5.82 Å². The van der Waals surface area contributed by atoms with Gasteiger partial charge in [-0.1, -0.05) is 42.5 Å². The van der Waals surface area contributed by atoms with Gasteiger partial charge in [-0.2, -0.15) is 0 Å². The molecule has 3 rings (SSSR count). The van der Waals surface area contributed by atoms with E-state index in [4.69, 9.17) is 4.74 Å². The third-order valence-electron chi connectivity index (χ3n) is 4.40. The molecule has 6 heteroatoms. The van der Waals surface area contributed by atoms with Gasteiger partial charge in [-0.15, -0.1) is 10.2 Å². The number of methoxy groups -OCH3 is 1. The Kier molecular flexibility index (Phi) is 6.57. The summed E-state index contributed by atoms with van der Waals surface area (Å²) in [6, 6.07) is 21.4. The largest absolute Gasteiger partial charge is 0.497 e. The highest BCUT2D eigenvalue weighted by atomic mass is 16.5. The maximum Gasteiger partial charge on any atom is 0.271 e. The Labute approximate surface area is 165 Å². The van der Waals surface area contributed by atoms with E-state index in [-0.39, 0.29) is 5.91 Å². The third-order valence-corrected chi connectivity index (χ3v) is 4.40. The van der Waals surface area contributed by atoms with Gasteiger partial charge in [0.2, 0.25) is 0 Å². The molecule has 0 aliphatic heterocycles. The number of nitrogens with one attached hydrogen (secondary N) is 1. The second-order valence-corrected chi connectivity index (χ2v) is 6.47. The molecule has 0 unspecified atom stereocenters. The van der Waals surface area contributed by atoms with Crippen LogP contribution in [0.25, 0.3) is 0 Å². The Balaban J connectivity index is 1.50. The Hall–Kier alpha value is -3.41. The molecule has 0 saturated carbocycles. The Morgan fingerprint density at radius 2 is 1.71 bits per heavy atom. The summed E-state index contributed by atoms with van der Waals surface area (Å²) in [5.74, 6) is 1.32. The fraction of sp³-hybridized carbons (Fsp3) is 0.227. The monoisotopic (exact) mass is 376 g/mol. The lowest BCUT2D eigenvalue weighted by Crippen LogP contribution is -2.27. The zero-order chi connectivity index (χ0) is 19.8. The molecule has 144 valence electrons. The first-order chi connectivity index (χ1) is 13.7. The standard InChI is InChI=1S/C22H24N4O2/c1-26(16-18-6-4-3-5-7-18)21-13-12-20(24-25-21)22(27)23-15-14-17-8-10-19(28-2)11-9-17/h3-13H,14-16H2,1-2H3,(H,23,27). The second-order valence-electron chi connectivity index (χ2n) is 6.47. The molecule has 1 N–H and O–H groups in total. The third kappa shape index (κ3) is 5.30. The molecule has 0 radical (unpaired) electrons. The highest BCUT2D eigenvalue weighted by molar-refractivity contribution is 5.92. The molecule has 0 bridgehead atoms. The van der Waals surface area contributed by atoms with Crippen LogP contribution in [0.5, 0.6) is 5.75 Å². The molecular weight excluding hydrogens is 352 g/mol. The molecule has 0 spiro atoms. The number of ether oxygens (including phenoxy) is 1. The molecule has 1 amide bonds. The number of benzene rings is 2. The van der Waals surface area contributed by atoms with Crippen molar-refractivity contribution in [2.45, 2.75) is 13.0 Å². The van der Waals surface area contributed by atoms with E-state index in [2.05, 4.69) is 27.6 Å². The van der Waals surface area contributed by atoms with Crippen LogP contribution in [0.3, 0.4) is 0 Å². The predicted octanol–water partition coefficient (Wildman–Crippen LogP) is 3.09. The fourth-order valence-corrected chi connectivity index (χ4v) is 2.79. The minimum Gasteiger partial charge on any atom is -0.497 e. The zero-order valence-electron chi connectivity index (χ0n) is 16.1. The van der Waals surface area contributed by atoms with E-state index in [1.807, 2.05) is 60.5 Å². The molecule has 1 aromatic heterocycles. The summed E-state index contributed by atoms with van der Waals surface area (Å²) in [5, 5.41) is 11.1. The van der Waals surface area contributed by atoms with E-state index in [0.29, 0.717) is 12.2 Å². The highest BCUT2D eigenvalue weighted by Gasteiger charge is 2.10. The van der Waals surface area contributed by atoms with Gasteiger partial charge in [-0.25, -0.2) is 0 Å². The van der Waals surface area contributed by atoms with Crippen LogP contribution in [-0.2, 0) is 13.0 Å². The average molecular weight is 376 g/mol. The maximum absolute atomic E-state index is 12.3. The van der Waals surface area contributed by atoms with Crippen LogP contribution in [-0.4, -0.2) is 36.8 Å². The summed E-state index contributed by atoms with van der Waals surface area (Å²) in [6.07, 6.45) is 0.737. The van der Waals surface area contributed by atoms with Crippen LogP contribution in [0, 0.1) is 0 Å². The summed E-state index contributed by atoms with van der Waals surface area (Å²) in [5.41, 5.74) is 2.63. The number of hydrogen-bond acceptors (Lipinski definition) is 5. The molecule has 0 saturated heterocycles. The van der Waals surface area contributed by atoms with Gasteiger partial charge in [0.05, 0.1) is 7.11 Å². The molecule has 2 aromatic carbocycles. The number of amides is 1. The van der Waals surface area contributed by atoms with Crippen molar-refractivity contribution in [2.75, 3.05) is 25.6 Å². The summed E-state index contributed by atoms with van der Waals surface area (Å²) >= 11 is 0. The van der Waals surface area contributed by atoms with Crippen LogP contribution >= 0.6 is 0 Å². The molecule has 0 aliphatic rings. The lowest BCUT2D eigenvalue weighted by Gasteiger charge is -2.17. The van der Waals surface area contributed by atoms with E-state index in [9.17, 15) is 4.79 Å². The Morgan fingerprint density at radius 3 is 2.36 bits per heavy atom. The molecule has 28 heavy (non-hydrogen) atoms. The molecule has 3 aromatic rings. The van der Waals surface area contributed by atoms with Gasteiger partial charge in [-0.3, -0.25) is 4.79 Å². The van der Waals surface area contributed by atoms with Crippen molar-refractivity contribution in [1.82, 2.24) is 15.5 Å². The van der Waals surface area contributed by atoms with E-state index < -0.39 is 0 Å². The number of aromatic nitrogens is 2. The van der Waals surface area contributed by atoms with Gasteiger partial charge in [-0.05, 0) is 41.8 Å². The van der Waals surface area contributed by atoms with Crippen molar-refractivity contribution < 1.29 is 9.53 Å². The van der Waals surface area contributed by atoms with E-state index in [1.54, 1.807) is 13.2 Å². The smallest absolute Gasteiger partial charge is 0.271 e. The van der Waals surface area contributed by atoms with Crippen molar-refractivity contribution in [3.63, 3.8) is 0 Å². The molecule has 0 fully saturated rings. The second kappa shape index (κ2) is 9.50. The van der Waals surface area contributed by atoms with Gasteiger partial charge in [0.15, 0.2) is 11.5 Å². The minimum absolute atomic E-state index is 0.224. The lowest BCUT2D eigenvalue weighted by molar-refractivity contribution is 0.0948. The highest BCUT2D eigenvalue weighted by Crippen LogP contribution is 2.13. The quantitative estimate of drug-likeness (QED) is 0.654. The van der Waals surface area contributed by atoms with Crippen LogP contribution < -0.4 is 15.0 Å². The van der Waals surface area contributed by atoms with Gasteiger partial charge in [0.25, 0.3) is 5.91 Å². The fourth-order valence-electron chi connectivity index (χ4n) is 2.79. The first-order valence-corrected chi connectivity index (χ1v) is 9.15. The van der Waals surface area contributed by atoms with E-state index in [1.165, 1.54) is 5.56 Å². The van der Waals surface area contributed by atoms with Crippen LogP contribution in [0.2, 0.25) is 0 Å². The number of nitrogens with zero attached hydrogens (tertiary/aromatic N) is 3. The average Bonchev–Trinajstić information content (AvgIpc) is 2.75. The number of rotatable bonds is 8. The summed E-state index contributed by atoms with van der Waals surface area (Å²) < 4.78 is 5.14. The minimum atomic E-state index is -0.224. The Morgan fingerprint density at radius 1 is 0.964 bits per heavy atom. The SMILES string of the molecule is COc1ccc(CCNC(=O)c2ccc(N(C)Cc3ccccc3)nn2)cc1. The van der Waals surface area contributed by atoms with Crippen molar-refractivity contribution in [2.24, 2.45) is 0 Å². The number of anilines is 1. The van der Waals surface area contributed by atoms with Gasteiger partial charge < -0.3 is 15.0 Å². The van der Waals surface area contributed by atoms with Crippen LogP contribution in [0.1, 0.15) is 21.6 Å². The first-order valence-electron chi connectivity index (χ1n) is 9.15. The van der Waals surface area contributed by atoms with Crippen molar-refractivity contribution in [3.05, 3.63) is 83.6 Å². The topological polar surface area (TPSA) is 67.3 Å². The van der Waals surface area contributed by atoms with Gasteiger partial charge in [0, 0.05) is 20.1 Å². The van der Waals surface area contributed by atoms with Crippen LogP contribution in [0.15, 0.2) is 66.7 Å². The summed E-state index contributed by atoms with van der Waals surface area (Å²) in [7, 11) is 3.59. The van der Waals surface area contributed by atoms with Crippen molar-refractivity contribution in [1.29, 1.82) is 0 Å². The molecule has 0 atom stereocenters. The summed E-state index contributed by atoms with van der Waals surface area (Å²) in [4.78, 5) is 14.3. The first kappa shape index (κ1) is 19.4. The summed E-state index contributed by atoms with van der Waals surface area (Å²) in [6.45, 7) is 1.26. The lowest BCUT2D eigenvalue weighted by atomic mass is 10.1. The van der Waals surface area contributed by atoms with Crippen molar-refractivity contribution in [3.8, 4) is 5.75 Å². The van der Waals surface area contributed by atoms with Crippen molar-refractivity contribution >= 4 is 11.7 Å². The van der Waals surface area contributed by atoms with E-state index >= 15 is 0 Å². The normalized spacial score (nSPS) is 10.4. The molecule has 6 nitrogen and oxygen atoms in total. The van der Waals surface area contributed by atoms with Gasteiger partial charge >= 0.3 is 0 Å². The maximum atomic E-state index is 12.3. The Bertz CT molecular complexity index is 881. The van der Waals surface area contributed by atoms with Gasteiger partial charge in [0.1, 0.15) is 5.75 Å².